The van der Waals surface area contributed by atoms with E-state index < -0.39 is 5.92 Å². The van der Waals surface area contributed by atoms with Crippen LogP contribution in [-0.4, -0.2) is 19.5 Å². The van der Waals surface area contributed by atoms with E-state index in [2.05, 4.69) is 5.32 Å². The Morgan fingerprint density at radius 3 is 2.55 bits per heavy atom. The van der Waals surface area contributed by atoms with Crippen molar-refractivity contribution in [3.63, 3.8) is 0 Å². The van der Waals surface area contributed by atoms with Gasteiger partial charge in [-0.2, -0.15) is 0 Å². The van der Waals surface area contributed by atoms with Crippen molar-refractivity contribution in [2.75, 3.05) is 13.6 Å². The summed E-state index contributed by atoms with van der Waals surface area (Å²) in [5, 5.41) is 2.91. The highest BCUT2D eigenvalue weighted by atomic mass is 35.5. The number of alkyl halides is 2. The molecule has 0 aliphatic heterocycles. The maximum atomic E-state index is 12.5. The fraction of sp³-hybridized carbons (Fsp3) is 1.00. The zero-order valence-corrected chi connectivity index (χ0v) is 7.39. The summed E-state index contributed by atoms with van der Waals surface area (Å²) in [5.74, 6) is -2.18. The number of hydrogen-bond donors (Lipinski definition) is 1. The molecular formula is C7H14ClF2N. The third kappa shape index (κ3) is 3.34. The molecule has 1 rings (SSSR count). The molecule has 1 N–H and O–H groups in total. The molecular weight excluding hydrogens is 172 g/mol. The average Bonchev–Trinajstić information content (AvgIpc) is 2.12. The summed E-state index contributed by atoms with van der Waals surface area (Å²) in [6, 6.07) is 0. The molecule has 0 aromatic carbocycles. The van der Waals surface area contributed by atoms with Crippen molar-refractivity contribution in [2.45, 2.75) is 25.2 Å². The first kappa shape index (κ1) is 11.1. The number of nitrogens with one attached hydrogen (secondary N) is 1. The second-order valence-electron chi connectivity index (χ2n) is 3.02. The van der Waals surface area contributed by atoms with E-state index in [-0.39, 0.29) is 31.2 Å². The molecule has 1 nitrogen and oxygen atoms in total. The van der Waals surface area contributed by atoms with Crippen LogP contribution in [0.25, 0.3) is 0 Å². The van der Waals surface area contributed by atoms with Gasteiger partial charge in [-0.3, -0.25) is 0 Å². The van der Waals surface area contributed by atoms with Crippen molar-refractivity contribution >= 4 is 12.4 Å². The monoisotopic (exact) mass is 185 g/mol. The zero-order chi connectivity index (χ0) is 7.61. The smallest absolute Gasteiger partial charge is 0.248 e. The van der Waals surface area contributed by atoms with Crippen LogP contribution >= 0.6 is 12.4 Å². The lowest BCUT2D eigenvalue weighted by Crippen LogP contribution is -2.18. The summed E-state index contributed by atoms with van der Waals surface area (Å²) in [5.41, 5.74) is 0. The first-order chi connectivity index (χ1) is 4.64. The minimum Gasteiger partial charge on any atom is -0.319 e. The van der Waals surface area contributed by atoms with Crippen LogP contribution in [0.2, 0.25) is 0 Å². The molecule has 1 aliphatic carbocycles. The maximum Gasteiger partial charge on any atom is 0.248 e. The topological polar surface area (TPSA) is 12.0 Å². The molecule has 0 heterocycles. The minimum atomic E-state index is -2.37. The Balaban J connectivity index is 0.000001000. The van der Waals surface area contributed by atoms with Crippen LogP contribution in [0.5, 0.6) is 0 Å². The molecule has 0 saturated heterocycles. The van der Waals surface area contributed by atoms with E-state index >= 15 is 0 Å². The lowest BCUT2D eigenvalue weighted by molar-refractivity contribution is 0.00516. The van der Waals surface area contributed by atoms with E-state index in [4.69, 9.17) is 0 Å². The van der Waals surface area contributed by atoms with Crippen LogP contribution in [0, 0.1) is 5.92 Å². The van der Waals surface area contributed by atoms with Gasteiger partial charge in [0.05, 0.1) is 0 Å². The van der Waals surface area contributed by atoms with Gasteiger partial charge >= 0.3 is 0 Å². The van der Waals surface area contributed by atoms with Crippen molar-refractivity contribution < 1.29 is 8.78 Å². The van der Waals surface area contributed by atoms with Crippen molar-refractivity contribution in [1.29, 1.82) is 0 Å². The zero-order valence-electron chi connectivity index (χ0n) is 6.57. The van der Waals surface area contributed by atoms with Crippen LogP contribution in [-0.2, 0) is 0 Å². The molecule has 0 unspecified atom stereocenters. The molecule has 0 spiro atoms. The molecule has 0 bridgehead atoms. The van der Waals surface area contributed by atoms with E-state index in [0.717, 1.165) is 6.54 Å². The SMILES string of the molecule is CNC[C@H]1CCC(F)(F)C1.Cl. The van der Waals surface area contributed by atoms with Crippen LogP contribution < -0.4 is 5.32 Å². The fourth-order valence-electron chi connectivity index (χ4n) is 1.50. The molecule has 0 radical (unpaired) electrons. The van der Waals surface area contributed by atoms with Gasteiger partial charge in [-0.1, -0.05) is 0 Å². The Labute approximate surface area is 72.0 Å². The van der Waals surface area contributed by atoms with Gasteiger partial charge in [0.15, 0.2) is 0 Å². The van der Waals surface area contributed by atoms with Crippen LogP contribution in [0.1, 0.15) is 19.3 Å². The highest BCUT2D eigenvalue weighted by molar-refractivity contribution is 5.85. The standard InChI is InChI=1S/C7H13F2N.ClH/c1-10-5-6-2-3-7(8,9)4-6;/h6,10H,2-5H2,1H3;1H/t6-;/m0./s1. The molecule has 4 heteroatoms. The Bertz CT molecular complexity index is 119. The normalized spacial score (nSPS) is 28.1. The highest BCUT2D eigenvalue weighted by Gasteiger charge is 2.38. The Kier molecular flexibility index (Phi) is 4.26. The largest absolute Gasteiger partial charge is 0.319 e. The summed E-state index contributed by atoms with van der Waals surface area (Å²) in [6.45, 7) is 0.732. The highest BCUT2D eigenvalue weighted by Crippen LogP contribution is 2.38. The van der Waals surface area contributed by atoms with E-state index in [1.54, 1.807) is 7.05 Å². The maximum absolute atomic E-state index is 12.5. The summed E-state index contributed by atoms with van der Waals surface area (Å²) >= 11 is 0. The molecule has 1 saturated carbocycles. The van der Waals surface area contributed by atoms with Crippen molar-refractivity contribution in [3.05, 3.63) is 0 Å². The quantitative estimate of drug-likeness (QED) is 0.695. The lowest BCUT2D eigenvalue weighted by atomic mass is 10.1. The van der Waals surface area contributed by atoms with Gasteiger partial charge in [-0.15, -0.1) is 12.4 Å². The summed E-state index contributed by atoms with van der Waals surface area (Å²) in [7, 11) is 1.80. The van der Waals surface area contributed by atoms with Gasteiger partial charge < -0.3 is 5.32 Å². The molecule has 0 amide bonds. The van der Waals surface area contributed by atoms with Gasteiger partial charge in [-0.25, -0.2) is 8.78 Å². The van der Waals surface area contributed by atoms with Crippen LogP contribution in [0.3, 0.4) is 0 Å². The Morgan fingerprint density at radius 1 is 1.55 bits per heavy atom. The van der Waals surface area contributed by atoms with Crippen molar-refractivity contribution in [3.8, 4) is 0 Å². The Hall–Kier alpha value is 0.110. The predicted molar refractivity (Wildman–Crippen MR) is 43.5 cm³/mol. The predicted octanol–water partition coefficient (Wildman–Crippen LogP) is 2.06. The second-order valence-corrected chi connectivity index (χ2v) is 3.02. The number of hydrogen-bond acceptors (Lipinski definition) is 1. The molecule has 1 aliphatic rings. The average molecular weight is 186 g/mol. The van der Waals surface area contributed by atoms with Gasteiger partial charge in [0.25, 0.3) is 0 Å². The van der Waals surface area contributed by atoms with Crippen LogP contribution in [0.15, 0.2) is 0 Å². The first-order valence-electron chi connectivity index (χ1n) is 3.66. The van der Waals surface area contributed by atoms with Crippen molar-refractivity contribution in [2.24, 2.45) is 5.92 Å². The third-order valence-electron chi connectivity index (χ3n) is 2.00. The number of halogens is 3. The third-order valence-corrected chi connectivity index (χ3v) is 2.00. The van der Waals surface area contributed by atoms with Gasteiger partial charge in [-0.05, 0) is 25.9 Å². The van der Waals surface area contributed by atoms with Gasteiger partial charge in [0, 0.05) is 12.8 Å². The van der Waals surface area contributed by atoms with E-state index in [1.165, 1.54) is 0 Å². The second kappa shape index (κ2) is 4.21. The van der Waals surface area contributed by atoms with E-state index in [9.17, 15) is 8.78 Å². The minimum absolute atomic E-state index is 0. The molecule has 0 aromatic heterocycles. The van der Waals surface area contributed by atoms with Crippen molar-refractivity contribution in [1.82, 2.24) is 5.32 Å². The molecule has 68 valence electrons. The van der Waals surface area contributed by atoms with Gasteiger partial charge in [0.2, 0.25) is 5.92 Å². The fourth-order valence-corrected chi connectivity index (χ4v) is 1.50. The van der Waals surface area contributed by atoms with E-state index in [0.29, 0.717) is 6.42 Å². The van der Waals surface area contributed by atoms with Gasteiger partial charge in [0.1, 0.15) is 0 Å². The Morgan fingerprint density at radius 2 is 2.18 bits per heavy atom. The molecule has 1 fully saturated rings. The lowest BCUT2D eigenvalue weighted by Gasteiger charge is -2.08. The number of rotatable bonds is 2. The molecule has 11 heavy (non-hydrogen) atoms. The van der Waals surface area contributed by atoms with Crippen LogP contribution in [0.4, 0.5) is 8.78 Å². The summed E-state index contributed by atoms with van der Waals surface area (Å²) in [4.78, 5) is 0. The first-order valence-corrected chi connectivity index (χ1v) is 3.66. The summed E-state index contributed by atoms with van der Waals surface area (Å²) < 4.78 is 25.0. The molecule has 0 aromatic rings. The molecule has 1 atom stereocenters. The van der Waals surface area contributed by atoms with E-state index in [1.807, 2.05) is 0 Å². The summed E-state index contributed by atoms with van der Waals surface area (Å²) in [6.07, 6.45) is 0.834.